The molecule has 1 rings (SSSR count). The second-order valence-electron chi connectivity index (χ2n) is 6.83. The summed E-state index contributed by atoms with van der Waals surface area (Å²) in [7, 11) is 2.17. The maximum Gasteiger partial charge on any atom is 0.220 e. The number of nitrogens with zero attached hydrogens (tertiary/aromatic N) is 2. The molecule has 0 aromatic carbocycles. The molecule has 5 heteroatoms. The molecule has 1 aliphatic heterocycles. The van der Waals surface area contributed by atoms with Crippen LogP contribution in [0.15, 0.2) is 0 Å². The normalized spacial score (nSPS) is 20.5. The zero-order chi connectivity index (χ0) is 15.8. The molecule has 3 N–H and O–H groups in total. The highest BCUT2D eigenvalue weighted by Crippen LogP contribution is 2.13. The third kappa shape index (κ3) is 6.76. The van der Waals surface area contributed by atoms with E-state index >= 15 is 0 Å². The van der Waals surface area contributed by atoms with E-state index in [1.54, 1.807) is 0 Å². The Morgan fingerprint density at radius 3 is 2.33 bits per heavy atom. The van der Waals surface area contributed by atoms with Gasteiger partial charge in [0.05, 0.1) is 0 Å². The Balaban J connectivity index is 2.35. The fraction of sp³-hybridized carbons (Fsp3) is 0.938. The van der Waals surface area contributed by atoms with Gasteiger partial charge >= 0.3 is 0 Å². The summed E-state index contributed by atoms with van der Waals surface area (Å²) in [5.41, 5.74) is 5.59. The van der Waals surface area contributed by atoms with Crippen molar-refractivity contribution in [2.75, 3.05) is 46.3 Å². The SMILES string of the molecule is CC(CN)CCC(=O)NCC(C(C)C)N1CCN(C)CC1. The number of nitrogens with two attached hydrogens (primary N) is 1. The molecule has 0 saturated carbocycles. The Kier molecular flexibility index (Phi) is 8.22. The van der Waals surface area contributed by atoms with Gasteiger partial charge in [0.25, 0.3) is 0 Å². The van der Waals surface area contributed by atoms with E-state index in [0.29, 0.717) is 30.8 Å². The topological polar surface area (TPSA) is 61.6 Å². The van der Waals surface area contributed by atoms with Crippen LogP contribution < -0.4 is 11.1 Å². The Labute approximate surface area is 130 Å². The quantitative estimate of drug-likeness (QED) is 0.694. The maximum atomic E-state index is 11.9. The summed E-state index contributed by atoms with van der Waals surface area (Å²) in [5, 5.41) is 3.12. The zero-order valence-electron chi connectivity index (χ0n) is 14.3. The van der Waals surface area contributed by atoms with E-state index in [1.807, 2.05) is 0 Å². The van der Waals surface area contributed by atoms with Gasteiger partial charge < -0.3 is 16.0 Å². The molecule has 1 saturated heterocycles. The van der Waals surface area contributed by atoms with Crippen LogP contribution in [0.4, 0.5) is 0 Å². The predicted molar refractivity (Wildman–Crippen MR) is 88.2 cm³/mol. The van der Waals surface area contributed by atoms with E-state index < -0.39 is 0 Å². The number of nitrogens with one attached hydrogen (secondary N) is 1. The number of hydrogen-bond donors (Lipinski definition) is 2. The summed E-state index contributed by atoms with van der Waals surface area (Å²) in [6.45, 7) is 12.4. The first-order valence-corrected chi connectivity index (χ1v) is 8.33. The highest BCUT2D eigenvalue weighted by atomic mass is 16.1. The Hall–Kier alpha value is -0.650. The number of amides is 1. The van der Waals surface area contributed by atoms with Gasteiger partial charge in [-0.2, -0.15) is 0 Å². The molecule has 0 bridgehead atoms. The lowest BCUT2D eigenvalue weighted by atomic mass is 10.0. The molecule has 1 amide bonds. The highest BCUT2D eigenvalue weighted by molar-refractivity contribution is 5.75. The molecular weight excluding hydrogens is 264 g/mol. The fourth-order valence-electron chi connectivity index (χ4n) is 2.74. The number of carbonyl (C=O) groups is 1. The monoisotopic (exact) mass is 298 g/mol. The Morgan fingerprint density at radius 1 is 1.19 bits per heavy atom. The number of rotatable bonds is 8. The van der Waals surface area contributed by atoms with Crippen molar-refractivity contribution in [3.8, 4) is 0 Å². The lowest BCUT2D eigenvalue weighted by Crippen LogP contribution is -2.54. The minimum Gasteiger partial charge on any atom is -0.355 e. The second-order valence-corrected chi connectivity index (χ2v) is 6.83. The summed E-state index contributed by atoms with van der Waals surface area (Å²) in [6, 6.07) is 0.439. The van der Waals surface area contributed by atoms with Crippen LogP contribution in [0.3, 0.4) is 0 Å². The minimum atomic E-state index is 0.162. The van der Waals surface area contributed by atoms with Crippen molar-refractivity contribution in [3.63, 3.8) is 0 Å². The Bertz CT molecular complexity index is 301. The molecular formula is C16H34N4O. The molecule has 2 unspecified atom stereocenters. The van der Waals surface area contributed by atoms with Gasteiger partial charge in [-0.1, -0.05) is 20.8 Å². The largest absolute Gasteiger partial charge is 0.355 e. The first-order chi connectivity index (χ1) is 9.93. The first kappa shape index (κ1) is 18.4. The summed E-state index contributed by atoms with van der Waals surface area (Å²) in [5.74, 6) is 1.14. The van der Waals surface area contributed by atoms with E-state index in [4.69, 9.17) is 5.73 Å². The maximum absolute atomic E-state index is 11.9. The molecule has 124 valence electrons. The third-order valence-electron chi connectivity index (χ3n) is 4.55. The van der Waals surface area contributed by atoms with E-state index in [1.165, 1.54) is 0 Å². The van der Waals surface area contributed by atoms with Crippen molar-refractivity contribution >= 4 is 5.91 Å². The van der Waals surface area contributed by atoms with Gasteiger partial charge in [0.2, 0.25) is 5.91 Å². The minimum absolute atomic E-state index is 0.162. The molecule has 5 nitrogen and oxygen atoms in total. The molecule has 0 aromatic rings. The van der Waals surface area contributed by atoms with Crippen LogP contribution in [-0.2, 0) is 4.79 Å². The van der Waals surface area contributed by atoms with E-state index in [0.717, 1.165) is 39.1 Å². The number of hydrogen-bond acceptors (Lipinski definition) is 4. The molecule has 0 spiro atoms. The van der Waals surface area contributed by atoms with Gasteiger partial charge in [0.1, 0.15) is 0 Å². The third-order valence-corrected chi connectivity index (χ3v) is 4.55. The van der Waals surface area contributed by atoms with Gasteiger partial charge in [-0.15, -0.1) is 0 Å². The van der Waals surface area contributed by atoms with Crippen LogP contribution in [0.25, 0.3) is 0 Å². The Morgan fingerprint density at radius 2 is 1.81 bits per heavy atom. The van der Waals surface area contributed by atoms with Gasteiger partial charge in [-0.25, -0.2) is 0 Å². The molecule has 2 atom stereocenters. The smallest absolute Gasteiger partial charge is 0.220 e. The van der Waals surface area contributed by atoms with Crippen molar-refractivity contribution in [1.29, 1.82) is 0 Å². The lowest BCUT2D eigenvalue weighted by molar-refractivity contribution is -0.121. The van der Waals surface area contributed by atoms with Crippen LogP contribution >= 0.6 is 0 Å². The van der Waals surface area contributed by atoms with Crippen LogP contribution in [0.5, 0.6) is 0 Å². The zero-order valence-corrected chi connectivity index (χ0v) is 14.3. The van der Waals surface area contributed by atoms with Crippen LogP contribution in [0.1, 0.15) is 33.6 Å². The number of likely N-dealkylation sites (N-methyl/N-ethyl adjacent to an activating group) is 1. The lowest BCUT2D eigenvalue weighted by Gasteiger charge is -2.40. The number of piperazine rings is 1. The summed E-state index contributed by atoms with van der Waals surface area (Å²) in [6.07, 6.45) is 1.47. The van der Waals surface area contributed by atoms with E-state index in [9.17, 15) is 4.79 Å². The molecule has 1 aliphatic rings. The van der Waals surface area contributed by atoms with Crippen molar-refractivity contribution in [2.45, 2.75) is 39.7 Å². The van der Waals surface area contributed by atoms with Crippen molar-refractivity contribution in [2.24, 2.45) is 17.6 Å². The summed E-state index contributed by atoms with van der Waals surface area (Å²) >= 11 is 0. The molecule has 21 heavy (non-hydrogen) atoms. The molecule has 0 aromatic heterocycles. The van der Waals surface area contributed by atoms with Gasteiger partial charge in [0, 0.05) is 45.2 Å². The molecule has 0 aliphatic carbocycles. The van der Waals surface area contributed by atoms with Gasteiger partial charge in [-0.3, -0.25) is 9.69 Å². The van der Waals surface area contributed by atoms with Gasteiger partial charge in [-0.05, 0) is 31.8 Å². The highest BCUT2D eigenvalue weighted by Gasteiger charge is 2.25. The van der Waals surface area contributed by atoms with Crippen molar-refractivity contribution in [1.82, 2.24) is 15.1 Å². The molecule has 1 fully saturated rings. The van der Waals surface area contributed by atoms with E-state index in [-0.39, 0.29) is 5.91 Å². The number of carbonyl (C=O) groups excluding carboxylic acids is 1. The van der Waals surface area contributed by atoms with Crippen LogP contribution in [-0.4, -0.2) is 68.1 Å². The van der Waals surface area contributed by atoms with Crippen molar-refractivity contribution in [3.05, 3.63) is 0 Å². The second kappa shape index (κ2) is 9.38. The summed E-state index contributed by atoms with van der Waals surface area (Å²) in [4.78, 5) is 16.8. The fourth-order valence-corrected chi connectivity index (χ4v) is 2.74. The average Bonchev–Trinajstić information content (AvgIpc) is 2.46. The summed E-state index contributed by atoms with van der Waals surface area (Å²) < 4.78 is 0. The molecule has 1 heterocycles. The average molecular weight is 298 g/mol. The van der Waals surface area contributed by atoms with Gasteiger partial charge in [0.15, 0.2) is 0 Å². The van der Waals surface area contributed by atoms with Crippen LogP contribution in [0, 0.1) is 11.8 Å². The van der Waals surface area contributed by atoms with Crippen LogP contribution in [0.2, 0.25) is 0 Å². The van der Waals surface area contributed by atoms with E-state index in [2.05, 4.69) is 42.9 Å². The van der Waals surface area contributed by atoms with Crippen molar-refractivity contribution < 1.29 is 4.79 Å². The standard InChI is InChI=1S/C16H34N4O/c1-13(2)15(20-9-7-19(4)8-10-20)12-18-16(21)6-5-14(3)11-17/h13-15H,5-12,17H2,1-4H3,(H,18,21). The first-order valence-electron chi connectivity index (χ1n) is 8.33. The molecule has 0 radical (unpaired) electrons. The predicted octanol–water partition coefficient (Wildman–Crippen LogP) is 0.750.